The first-order valence-electron chi connectivity index (χ1n) is 5.89. The molecule has 0 aromatic heterocycles. The molecule has 0 saturated carbocycles. The summed E-state index contributed by atoms with van der Waals surface area (Å²) in [5, 5.41) is 4.50. The summed E-state index contributed by atoms with van der Waals surface area (Å²) in [4.78, 5) is 0. The summed E-state index contributed by atoms with van der Waals surface area (Å²) in [6, 6.07) is 14.0. The zero-order valence-electron chi connectivity index (χ0n) is 10.6. The van der Waals surface area contributed by atoms with Gasteiger partial charge in [-0.05, 0) is 43.3 Å². The minimum Gasteiger partial charge on any atom is -0.319 e. The second-order valence-electron chi connectivity index (χ2n) is 4.18. The van der Waals surface area contributed by atoms with Gasteiger partial charge in [0.1, 0.15) is 0 Å². The molecule has 19 heavy (non-hydrogen) atoms. The van der Waals surface area contributed by atoms with E-state index in [4.69, 9.17) is 23.2 Å². The number of halogens is 3. The van der Waals surface area contributed by atoms with E-state index < -0.39 is 0 Å². The normalized spacial score (nSPS) is 10.1. The highest BCUT2D eigenvalue weighted by Crippen LogP contribution is 2.30. The third-order valence-electron chi connectivity index (χ3n) is 2.83. The molecule has 2 aromatic rings. The minimum absolute atomic E-state index is 0. The van der Waals surface area contributed by atoms with Gasteiger partial charge in [0.25, 0.3) is 0 Å². The highest BCUT2D eigenvalue weighted by atomic mass is 35.5. The van der Waals surface area contributed by atoms with E-state index in [9.17, 15) is 0 Å². The first-order chi connectivity index (χ1) is 8.70. The first-order valence-corrected chi connectivity index (χ1v) is 6.65. The monoisotopic (exact) mass is 315 g/mol. The Kier molecular flexibility index (Phi) is 6.67. The van der Waals surface area contributed by atoms with Crippen LogP contribution in [0, 0.1) is 0 Å². The Hall–Kier alpha value is -0.730. The summed E-state index contributed by atoms with van der Waals surface area (Å²) in [5.74, 6) is 0. The lowest BCUT2D eigenvalue weighted by Gasteiger charge is -2.07. The van der Waals surface area contributed by atoms with Crippen molar-refractivity contribution < 1.29 is 0 Å². The lowest BCUT2D eigenvalue weighted by Crippen LogP contribution is -2.10. The number of hydrogen-bond acceptors (Lipinski definition) is 1. The molecule has 102 valence electrons. The molecule has 2 aromatic carbocycles. The van der Waals surface area contributed by atoms with Gasteiger partial charge >= 0.3 is 0 Å². The lowest BCUT2D eigenvalue weighted by molar-refractivity contribution is 0.792. The number of nitrogens with one attached hydrogen (secondary N) is 1. The molecule has 0 radical (unpaired) electrons. The first kappa shape index (κ1) is 16.3. The Labute approximate surface area is 130 Å². The second-order valence-corrected chi connectivity index (χ2v) is 5.02. The Balaban J connectivity index is 0.00000180. The number of benzene rings is 2. The van der Waals surface area contributed by atoms with Crippen LogP contribution in [0.5, 0.6) is 0 Å². The number of rotatable bonds is 4. The van der Waals surface area contributed by atoms with Crippen molar-refractivity contribution in [3.05, 3.63) is 58.1 Å². The SMILES string of the molecule is CNCCc1cccc(-c2ccc(Cl)cc2Cl)c1.Cl. The molecule has 1 nitrogen and oxygen atoms in total. The lowest BCUT2D eigenvalue weighted by atomic mass is 10.0. The maximum atomic E-state index is 6.22. The van der Waals surface area contributed by atoms with E-state index in [2.05, 4.69) is 29.6 Å². The highest BCUT2D eigenvalue weighted by Gasteiger charge is 2.04. The topological polar surface area (TPSA) is 12.0 Å². The molecule has 4 heteroatoms. The van der Waals surface area contributed by atoms with Crippen LogP contribution in [-0.4, -0.2) is 13.6 Å². The molecule has 0 aliphatic rings. The molecule has 0 atom stereocenters. The molecule has 0 fully saturated rings. The van der Waals surface area contributed by atoms with Crippen molar-refractivity contribution >= 4 is 35.6 Å². The number of likely N-dealkylation sites (N-methyl/N-ethyl adjacent to an activating group) is 1. The second kappa shape index (κ2) is 7.76. The van der Waals surface area contributed by atoms with E-state index in [1.807, 2.05) is 19.2 Å². The fourth-order valence-corrected chi connectivity index (χ4v) is 2.40. The van der Waals surface area contributed by atoms with Crippen LogP contribution in [0.3, 0.4) is 0 Å². The summed E-state index contributed by atoms with van der Waals surface area (Å²) in [7, 11) is 1.96. The Morgan fingerprint density at radius 3 is 2.53 bits per heavy atom. The van der Waals surface area contributed by atoms with Gasteiger partial charge in [-0.3, -0.25) is 0 Å². The maximum Gasteiger partial charge on any atom is 0.0499 e. The van der Waals surface area contributed by atoms with Crippen molar-refractivity contribution in [2.45, 2.75) is 6.42 Å². The van der Waals surface area contributed by atoms with Crippen molar-refractivity contribution in [3.8, 4) is 11.1 Å². The van der Waals surface area contributed by atoms with Crippen LogP contribution < -0.4 is 5.32 Å². The summed E-state index contributed by atoms with van der Waals surface area (Å²) >= 11 is 12.1. The maximum absolute atomic E-state index is 6.22. The Bertz CT molecular complexity index is 541. The van der Waals surface area contributed by atoms with Crippen molar-refractivity contribution in [2.24, 2.45) is 0 Å². The molecular weight excluding hydrogens is 301 g/mol. The van der Waals surface area contributed by atoms with Crippen molar-refractivity contribution in [1.29, 1.82) is 0 Å². The van der Waals surface area contributed by atoms with E-state index in [1.165, 1.54) is 5.56 Å². The van der Waals surface area contributed by atoms with Crippen LogP contribution in [0.25, 0.3) is 11.1 Å². The summed E-state index contributed by atoms with van der Waals surface area (Å²) in [5.41, 5.74) is 3.45. The van der Waals surface area contributed by atoms with Gasteiger partial charge in [-0.1, -0.05) is 53.5 Å². The standard InChI is InChI=1S/C15H15Cl2N.ClH/c1-18-8-7-11-3-2-4-12(9-11)14-6-5-13(16)10-15(14)17;/h2-6,9-10,18H,7-8H2,1H3;1H. The van der Waals surface area contributed by atoms with E-state index in [-0.39, 0.29) is 12.4 Å². The largest absolute Gasteiger partial charge is 0.319 e. The molecule has 0 amide bonds. The molecule has 0 aliphatic carbocycles. The predicted molar refractivity (Wildman–Crippen MR) is 86.8 cm³/mol. The van der Waals surface area contributed by atoms with E-state index in [1.54, 1.807) is 6.07 Å². The van der Waals surface area contributed by atoms with Crippen LogP contribution >= 0.6 is 35.6 Å². The van der Waals surface area contributed by atoms with Crippen LogP contribution in [0.15, 0.2) is 42.5 Å². The van der Waals surface area contributed by atoms with Crippen LogP contribution in [0.2, 0.25) is 10.0 Å². The van der Waals surface area contributed by atoms with Gasteiger partial charge in [0.05, 0.1) is 0 Å². The van der Waals surface area contributed by atoms with Gasteiger partial charge < -0.3 is 5.32 Å². The molecule has 0 bridgehead atoms. The van der Waals surface area contributed by atoms with E-state index in [0.717, 1.165) is 24.1 Å². The highest BCUT2D eigenvalue weighted by molar-refractivity contribution is 6.36. The van der Waals surface area contributed by atoms with Gasteiger partial charge in [-0.2, -0.15) is 0 Å². The van der Waals surface area contributed by atoms with Crippen LogP contribution in [0.4, 0.5) is 0 Å². The van der Waals surface area contributed by atoms with Crippen molar-refractivity contribution in [3.63, 3.8) is 0 Å². The molecule has 2 rings (SSSR count). The third kappa shape index (κ3) is 4.39. The Morgan fingerprint density at radius 1 is 1.05 bits per heavy atom. The zero-order valence-corrected chi connectivity index (χ0v) is 12.9. The van der Waals surface area contributed by atoms with Crippen LogP contribution in [-0.2, 0) is 6.42 Å². The fraction of sp³-hybridized carbons (Fsp3) is 0.200. The summed E-state index contributed by atoms with van der Waals surface area (Å²) < 4.78 is 0. The molecule has 0 aliphatic heterocycles. The average molecular weight is 317 g/mol. The molecule has 0 unspecified atom stereocenters. The molecule has 0 saturated heterocycles. The molecule has 0 spiro atoms. The zero-order chi connectivity index (χ0) is 13.0. The predicted octanol–water partition coefficient (Wildman–Crippen LogP) is 4.84. The van der Waals surface area contributed by atoms with Gasteiger partial charge in [-0.25, -0.2) is 0 Å². The quantitative estimate of drug-likeness (QED) is 0.850. The minimum atomic E-state index is 0. The molecular formula is C15H16Cl3N. The molecule has 0 heterocycles. The van der Waals surface area contributed by atoms with Gasteiger partial charge in [-0.15, -0.1) is 12.4 Å². The van der Waals surface area contributed by atoms with E-state index >= 15 is 0 Å². The smallest absolute Gasteiger partial charge is 0.0499 e. The van der Waals surface area contributed by atoms with E-state index in [0.29, 0.717) is 10.0 Å². The van der Waals surface area contributed by atoms with Gasteiger partial charge in [0.15, 0.2) is 0 Å². The van der Waals surface area contributed by atoms with Crippen molar-refractivity contribution in [2.75, 3.05) is 13.6 Å². The van der Waals surface area contributed by atoms with Gasteiger partial charge in [0, 0.05) is 15.6 Å². The average Bonchev–Trinajstić information content (AvgIpc) is 2.36. The summed E-state index contributed by atoms with van der Waals surface area (Å²) in [6.45, 7) is 0.970. The molecule has 1 N–H and O–H groups in total. The van der Waals surface area contributed by atoms with Crippen molar-refractivity contribution in [1.82, 2.24) is 5.32 Å². The number of hydrogen-bond donors (Lipinski definition) is 1. The third-order valence-corrected chi connectivity index (χ3v) is 3.38. The Morgan fingerprint density at radius 2 is 1.84 bits per heavy atom. The fourth-order valence-electron chi connectivity index (χ4n) is 1.89. The van der Waals surface area contributed by atoms with Gasteiger partial charge in [0.2, 0.25) is 0 Å². The van der Waals surface area contributed by atoms with Crippen LogP contribution in [0.1, 0.15) is 5.56 Å². The summed E-state index contributed by atoms with van der Waals surface area (Å²) in [6.07, 6.45) is 1.01.